The average Bonchev–Trinajstić information content (AvgIpc) is 2.42. The van der Waals surface area contributed by atoms with E-state index in [-0.39, 0.29) is 0 Å². The standard InChI is InChI=1S/C13H20N2O3S/c1-18-11-10-14-8-9-15-19(16,17)12-7-13-5-3-2-4-6-13/h2-7,12,14-15H,8-11H2,1H3/b12-7+. The quantitative estimate of drug-likeness (QED) is 0.659. The second kappa shape index (κ2) is 8.82. The lowest BCUT2D eigenvalue weighted by Crippen LogP contribution is -2.32. The Balaban J connectivity index is 2.30. The topological polar surface area (TPSA) is 67.4 Å². The monoisotopic (exact) mass is 284 g/mol. The van der Waals surface area contributed by atoms with Gasteiger partial charge in [0.2, 0.25) is 10.0 Å². The third-order valence-corrected chi connectivity index (χ3v) is 3.43. The van der Waals surface area contributed by atoms with Crippen molar-refractivity contribution in [1.82, 2.24) is 10.0 Å². The molecule has 19 heavy (non-hydrogen) atoms. The smallest absolute Gasteiger partial charge is 0.233 e. The van der Waals surface area contributed by atoms with Crippen LogP contribution in [0.3, 0.4) is 0 Å². The van der Waals surface area contributed by atoms with Gasteiger partial charge in [-0.25, -0.2) is 13.1 Å². The zero-order valence-electron chi connectivity index (χ0n) is 11.0. The first kappa shape index (κ1) is 15.8. The highest BCUT2D eigenvalue weighted by atomic mass is 32.2. The van der Waals surface area contributed by atoms with Crippen molar-refractivity contribution in [1.29, 1.82) is 0 Å². The summed E-state index contributed by atoms with van der Waals surface area (Å²) < 4.78 is 30.6. The molecule has 0 unspecified atom stereocenters. The normalized spacial score (nSPS) is 12.1. The summed E-state index contributed by atoms with van der Waals surface area (Å²) in [5.41, 5.74) is 0.853. The maximum atomic E-state index is 11.6. The van der Waals surface area contributed by atoms with Gasteiger partial charge >= 0.3 is 0 Å². The molecule has 1 aromatic carbocycles. The average molecular weight is 284 g/mol. The lowest BCUT2D eigenvalue weighted by molar-refractivity contribution is 0.199. The summed E-state index contributed by atoms with van der Waals surface area (Å²) >= 11 is 0. The van der Waals surface area contributed by atoms with Gasteiger partial charge in [0.25, 0.3) is 0 Å². The molecule has 0 aromatic heterocycles. The van der Waals surface area contributed by atoms with Crippen molar-refractivity contribution in [2.75, 3.05) is 33.4 Å². The van der Waals surface area contributed by atoms with Crippen molar-refractivity contribution in [2.45, 2.75) is 0 Å². The summed E-state index contributed by atoms with van der Waals surface area (Å²) in [4.78, 5) is 0. The fourth-order valence-corrected chi connectivity index (χ4v) is 2.18. The van der Waals surface area contributed by atoms with Crippen LogP contribution >= 0.6 is 0 Å². The van der Waals surface area contributed by atoms with Crippen LogP contribution in [0.4, 0.5) is 0 Å². The van der Waals surface area contributed by atoms with Crippen LogP contribution < -0.4 is 10.0 Å². The Hall–Kier alpha value is -1.21. The number of methoxy groups -OCH3 is 1. The number of benzene rings is 1. The van der Waals surface area contributed by atoms with E-state index in [0.717, 1.165) is 5.56 Å². The van der Waals surface area contributed by atoms with Crippen LogP contribution in [-0.2, 0) is 14.8 Å². The van der Waals surface area contributed by atoms with Crippen molar-refractivity contribution >= 4 is 16.1 Å². The molecule has 0 aliphatic carbocycles. The Labute approximate surface area is 114 Å². The highest BCUT2D eigenvalue weighted by Gasteiger charge is 2.03. The molecule has 2 N–H and O–H groups in total. The summed E-state index contributed by atoms with van der Waals surface area (Å²) in [6.45, 7) is 2.24. The van der Waals surface area contributed by atoms with E-state index in [2.05, 4.69) is 10.0 Å². The number of rotatable bonds is 9. The Morgan fingerprint density at radius 1 is 1.16 bits per heavy atom. The second-order valence-corrected chi connectivity index (χ2v) is 5.55. The van der Waals surface area contributed by atoms with Crippen molar-refractivity contribution in [3.8, 4) is 0 Å². The summed E-state index contributed by atoms with van der Waals surface area (Å²) in [6, 6.07) is 9.30. The summed E-state index contributed by atoms with van der Waals surface area (Å²) in [5.74, 6) is 0. The van der Waals surface area contributed by atoms with E-state index in [0.29, 0.717) is 26.2 Å². The molecule has 0 spiro atoms. The SMILES string of the molecule is COCCNCCNS(=O)(=O)/C=C/c1ccccc1. The van der Waals surface area contributed by atoms with Crippen LogP contribution in [-0.4, -0.2) is 41.8 Å². The zero-order valence-corrected chi connectivity index (χ0v) is 11.8. The molecule has 0 radical (unpaired) electrons. The van der Waals surface area contributed by atoms with E-state index < -0.39 is 10.0 Å². The van der Waals surface area contributed by atoms with Crippen LogP contribution in [0, 0.1) is 0 Å². The Morgan fingerprint density at radius 2 is 1.89 bits per heavy atom. The van der Waals surface area contributed by atoms with Crippen molar-refractivity contribution < 1.29 is 13.2 Å². The van der Waals surface area contributed by atoms with Gasteiger partial charge in [-0.05, 0) is 11.6 Å². The zero-order chi connectivity index (χ0) is 14.0. The highest BCUT2D eigenvalue weighted by Crippen LogP contribution is 2.02. The lowest BCUT2D eigenvalue weighted by atomic mass is 10.2. The van der Waals surface area contributed by atoms with Gasteiger partial charge < -0.3 is 10.1 Å². The summed E-state index contributed by atoms with van der Waals surface area (Å²) in [6.07, 6.45) is 1.57. The number of hydrogen-bond donors (Lipinski definition) is 2. The van der Waals surface area contributed by atoms with Crippen LogP contribution in [0.1, 0.15) is 5.56 Å². The number of nitrogens with one attached hydrogen (secondary N) is 2. The summed E-state index contributed by atoms with van der Waals surface area (Å²) in [7, 11) is -1.75. The van der Waals surface area contributed by atoms with Crippen LogP contribution in [0.2, 0.25) is 0 Å². The Bertz CT molecular complexity index is 472. The van der Waals surface area contributed by atoms with Crippen molar-refractivity contribution in [3.05, 3.63) is 41.3 Å². The predicted molar refractivity (Wildman–Crippen MR) is 77.1 cm³/mol. The number of ether oxygens (including phenoxy) is 1. The molecule has 0 aliphatic heterocycles. The van der Waals surface area contributed by atoms with Crippen molar-refractivity contribution in [3.63, 3.8) is 0 Å². The van der Waals surface area contributed by atoms with E-state index in [4.69, 9.17) is 4.74 Å². The lowest BCUT2D eigenvalue weighted by Gasteiger charge is -2.04. The fraction of sp³-hybridized carbons (Fsp3) is 0.385. The maximum absolute atomic E-state index is 11.6. The fourth-order valence-electron chi connectivity index (χ4n) is 1.36. The van der Waals surface area contributed by atoms with E-state index >= 15 is 0 Å². The van der Waals surface area contributed by atoms with Crippen LogP contribution in [0.15, 0.2) is 35.7 Å². The van der Waals surface area contributed by atoms with Gasteiger partial charge in [0.15, 0.2) is 0 Å². The molecule has 0 bridgehead atoms. The van der Waals surface area contributed by atoms with E-state index in [9.17, 15) is 8.42 Å². The predicted octanol–water partition coefficient (Wildman–Crippen LogP) is 0.813. The molecule has 0 aliphatic rings. The van der Waals surface area contributed by atoms with E-state index in [1.54, 1.807) is 13.2 Å². The number of sulfonamides is 1. The van der Waals surface area contributed by atoms with Crippen LogP contribution in [0.25, 0.3) is 6.08 Å². The number of hydrogen-bond acceptors (Lipinski definition) is 4. The van der Waals surface area contributed by atoms with Gasteiger partial charge in [0.1, 0.15) is 0 Å². The van der Waals surface area contributed by atoms with Gasteiger partial charge in [0, 0.05) is 32.2 Å². The minimum Gasteiger partial charge on any atom is -0.383 e. The van der Waals surface area contributed by atoms with E-state index in [1.807, 2.05) is 30.3 Å². The van der Waals surface area contributed by atoms with E-state index in [1.165, 1.54) is 5.41 Å². The molecule has 1 aromatic rings. The molecule has 6 heteroatoms. The molecule has 0 fully saturated rings. The Kier molecular flexibility index (Phi) is 7.35. The molecule has 1 rings (SSSR count). The van der Waals surface area contributed by atoms with Crippen LogP contribution in [0.5, 0.6) is 0 Å². The molecule has 0 atom stereocenters. The molecule has 5 nitrogen and oxygen atoms in total. The Morgan fingerprint density at radius 3 is 2.58 bits per heavy atom. The molecule has 0 heterocycles. The third kappa shape index (κ3) is 7.74. The summed E-state index contributed by atoms with van der Waals surface area (Å²) in [5, 5.41) is 4.23. The molecule has 106 valence electrons. The first-order valence-corrected chi connectivity index (χ1v) is 7.61. The molecular weight excluding hydrogens is 264 g/mol. The molecule has 0 saturated heterocycles. The molecule has 0 amide bonds. The van der Waals surface area contributed by atoms with Gasteiger partial charge in [0.05, 0.1) is 6.61 Å². The minimum absolute atomic E-state index is 0.352. The molecule has 0 saturated carbocycles. The first-order chi connectivity index (χ1) is 9.14. The highest BCUT2D eigenvalue weighted by molar-refractivity contribution is 7.92. The molecular formula is C13H20N2O3S. The first-order valence-electron chi connectivity index (χ1n) is 6.06. The van der Waals surface area contributed by atoms with Gasteiger partial charge in [-0.1, -0.05) is 30.3 Å². The minimum atomic E-state index is -3.37. The van der Waals surface area contributed by atoms with Gasteiger partial charge in [-0.15, -0.1) is 0 Å². The van der Waals surface area contributed by atoms with Gasteiger partial charge in [-0.3, -0.25) is 0 Å². The second-order valence-electron chi connectivity index (χ2n) is 3.90. The van der Waals surface area contributed by atoms with Gasteiger partial charge in [-0.2, -0.15) is 0 Å². The third-order valence-electron chi connectivity index (χ3n) is 2.33. The van der Waals surface area contributed by atoms with Crippen molar-refractivity contribution in [2.24, 2.45) is 0 Å². The maximum Gasteiger partial charge on any atom is 0.233 e. The largest absolute Gasteiger partial charge is 0.383 e.